The van der Waals surface area contributed by atoms with Crippen LogP contribution in [0.1, 0.15) is 32.6 Å². The molecule has 2 fully saturated rings. The Morgan fingerprint density at radius 3 is 2.60 bits per heavy atom. The minimum Gasteiger partial charge on any atom is -0.335 e. The number of halogens is 1. The number of anilines is 1. The monoisotopic (exact) mass is 336 g/mol. The first-order chi connectivity index (χ1) is 9.61. The van der Waals surface area contributed by atoms with Crippen molar-refractivity contribution in [3.05, 3.63) is 28.7 Å². The van der Waals surface area contributed by atoms with Crippen LogP contribution in [0.15, 0.2) is 28.7 Å². The molecule has 1 aromatic rings. The summed E-state index contributed by atoms with van der Waals surface area (Å²) < 4.78 is 1.01. The molecule has 108 valence electrons. The Bertz CT molecular complexity index is 488. The molecular formula is C16H21BrN2O. The third kappa shape index (κ3) is 3.00. The van der Waals surface area contributed by atoms with Crippen molar-refractivity contribution in [1.29, 1.82) is 0 Å². The second kappa shape index (κ2) is 5.76. The van der Waals surface area contributed by atoms with E-state index in [1.807, 2.05) is 24.3 Å². The fourth-order valence-electron chi connectivity index (χ4n) is 3.92. The Kier molecular flexibility index (Phi) is 4.01. The first kappa shape index (κ1) is 13.9. The predicted molar refractivity (Wildman–Crippen MR) is 84.7 cm³/mol. The molecule has 3 rings (SSSR count). The first-order valence-corrected chi connectivity index (χ1v) is 8.24. The molecule has 20 heavy (non-hydrogen) atoms. The van der Waals surface area contributed by atoms with E-state index in [1.165, 1.54) is 25.7 Å². The number of carbonyl (C=O) groups excluding carboxylic acids is 1. The molecule has 2 aliphatic rings. The molecular weight excluding hydrogens is 316 g/mol. The average molecular weight is 337 g/mol. The molecule has 0 radical (unpaired) electrons. The highest BCUT2D eigenvalue weighted by molar-refractivity contribution is 9.10. The Balaban J connectivity index is 1.52. The molecule has 2 N–H and O–H groups in total. The maximum absolute atomic E-state index is 12.0. The minimum atomic E-state index is -0.0948. The summed E-state index contributed by atoms with van der Waals surface area (Å²) >= 11 is 3.39. The van der Waals surface area contributed by atoms with Gasteiger partial charge in [-0.1, -0.05) is 22.4 Å². The largest absolute Gasteiger partial charge is 0.335 e. The van der Waals surface area contributed by atoms with Crippen molar-refractivity contribution in [2.24, 2.45) is 17.8 Å². The predicted octanol–water partition coefficient (Wildman–Crippen LogP) is 4.40. The Morgan fingerprint density at radius 2 is 2.00 bits per heavy atom. The summed E-state index contributed by atoms with van der Waals surface area (Å²) in [5.74, 6) is 2.43. The zero-order chi connectivity index (χ0) is 14.1. The van der Waals surface area contributed by atoms with Crippen LogP contribution in [0.25, 0.3) is 0 Å². The molecule has 2 amide bonds. The summed E-state index contributed by atoms with van der Waals surface area (Å²) in [5.41, 5.74) is 0.825. The second-order valence-corrected chi connectivity index (χ2v) is 7.15. The van der Waals surface area contributed by atoms with Crippen molar-refractivity contribution in [1.82, 2.24) is 5.32 Å². The van der Waals surface area contributed by atoms with E-state index in [2.05, 4.69) is 33.5 Å². The quantitative estimate of drug-likeness (QED) is 0.844. The van der Waals surface area contributed by atoms with E-state index < -0.39 is 0 Å². The highest BCUT2D eigenvalue weighted by Gasteiger charge is 2.42. The number of hydrogen-bond donors (Lipinski definition) is 2. The lowest BCUT2D eigenvalue weighted by Crippen LogP contribution is -2.42. The van der Waals surface area contributed by atoms with Crippen LogP contribution in [-0.4, -0.2) is 12.1 Å². The Labute approximate surface area is 128 Å². The standard InChI is InChI=1S/C16H21BrN2O/c1-10(15-9-11-2-3-12(15)8-11)18-16(20)19-14-6-4-13(17)5-7-14/h4-7,10-12,15H,2-3,8-9H2,1H3,(H2,18,19,20). The van der Waals surface area contributed by atoms with Crippen LogP contribution in [0.3, 0.4) is 0 Å². The van der Waals surface area contributed by atoms with Crippen LogP contribution in [0.5, 0.6) is 0 Å². The number of amides is 2. The van der Waals surface area contributed by atoms with Gasteiger partial charge in [-0.25, -0.2) is 4.79 Å². The van der Waals surface area contributed by atoms with Crippen molar-refractivity contribution in [2.45, 2.75) is 38.6 Å². The van der Waals surface area contributed by atoms with Crippen LogP contribution in [0, 0.1) is 17.8 Å². The summed E-state index contributed by atoms with van der Waals surface area (Å²) in [5, 5.41) is 6.00. The van der Waals surface area contributed by atoms with Crippen LogP contribution >= 0.6 is 15.9 Å². The number of carbonyl (C=O) groups is 1. The van der Waals surface area contributed by atoms with Gasteiger partial charge in [0.25, 0.3) is 0 Å². The van der Waals surface area contributed by atoms with Gasteiger partial charge in [-0.05, 0) is 68.2 Å². The van der Waals surface area contributed by atoms with Gasteiger partial charge in [0.05, 0.1) is 0 Å². The van der Waals surface area contributed by atoms with Crippen molar-refractivity contribution in [3.8, 4) is 0 Å². The van der Waals surface area contributed by atoms with Gasteiger partial charge in [-0.15, -0.1) is 0 Å². The van der Waals surface area contributed by atoms with Gasteiger partial charge in [-0.2, -0.15) is 0 Å². The van der Waals surface area contributed by atoms with E-state index in [1.54, 1.807) is 0 Å². The number of benzene rings is 1. The van der Waals surface area contributed by atoms with Gasteiger partial charge >= 0.3 is 6.03 Å². The SMILES string of the molecule is CC(NC(=O)Nc1ccc(Br)cc1)C1CC2CCC1C2. The third-order valence-electron chi connectivity index (χ3n) is 4.90. The Hall–Kier alpha value is -1.03. The van der Waals surface area contributed by atoms with E-state index >= 15 is 0 Å². The Morgan fingerprint density at radius 1 is 1.25 bits per heavy atom. The number of nitrogens with one attached hydrogen (secondary N) is 2. The molecule has 2 bridgehead atoms. The molecule has 2 saturated carbocycles. The highest BCUT2D eigenvalue weighted by Crippen LogP contribution is 2.49. The lowest BCUT2D eigenvalue weighted by molar-refractivity contribution is 0.230. The third-order valence-corrected chi connectivity index (χ3v) is 5.42. The number of hydrogen-bond acceptors (Lipinski definition) is 1. The highest BCUT2D eigenvalue weighted by atomic mass is 79.9. The van der Waals surface area contributed by atoms with Gasteiger partial charge in [-0.3, -0.25) is 0 Å². The fourth-order valence-corrected chi connectivity index (χ4v) is 4.18. The molecule has 3 nitrogen and oxygen atoms in total. The molecule has 2 aliphatic carbocycles. The minimum absolute atomic E-state index is 0.0948. The summed E-state index contributed by atoms with van der Waals surface area (Å²) in [6.07, 6.45) is 5.43. The fraction of sp³-hybridized carbons (Fsp3) is 0.562. The lowest BCUT2D eigenvalue weighted by atomic mass is 9.84. The summed E-state index contributed by atoms with van der Waals surface area (Å²) in [6.45, 7) is 2.15. The summed E-state index contributed by atoms with van der Waals surface area (Å²) in [7, 11) is 0. The van der Waals surface area contributed by atoms with Crippen LogP contribution in [-0.2, 0) is 0 Å². The van der Waals surface area contributed by atoms with Crippen molar-refractivity contribution >= 4 is 27.6 Å². The van der Waals surface area contributed by atoms with E-state index in [0.717, 1.165) is 22.0 Å². The average Bonchev–Trinajstić information content (AvgIpc) is 3.03. The van der Waals surface area contributed by atoms with Crippen LogP contribution in [0.4, 0.5) is 10.5 Å². The van der Waals surface area contributed by atoms with Gasteiger partial charge in [0.1, 0.15) is 0 Å². The van der Waals surface area contributed by atoms with E-state index in [9.17, 15) is 4.79 Å². The second-order valence-electron chi connectivity index (χ2n) is 6.23. The van der Waals surface area contributed by atoms with E-state index in [-0.39, 0.29) is 12.1 Å². The van der Waals surface area contributed by atoms with Crippen molar-refractivity contribution < 1.29 is 4.79 Å². The van der Waals surface area contributed by atoms with Crippen LogP contribution in [0.2, 0.25) is 0 Å². The molecule has 0 saturated heterocycles. The molecule has 4 unspecified atom stereocenters. The molecule has 1 aromatic carbocycles. The van der Waals surface area contributed by atoms with Gasteiger partial charge in [0.15, 0.2) is 0 Å². The van der Waals surface area contributed by atoms with Gasteiger partial charge in [0.2, 0.25) is 0 Å². The van der Waals surface area contributed by atoms with Crippen molar-refractivity contribution in [3.63, 3.8) is 0 Å². The van der Waals surface area contributed by atoms with Gasteiger partial charge < -0.3 is 10.6 Å². The normalized spacial score (nSPS) is 29.2. The first-order valence-electron chi connectivity index (χ1n) is 7.45. The topological polar surface area (TPSA) is 41.1 Å². The van der Waals surface area contributed by atoms with Crippen LogP contribution < -0.4 is 10.6 Å². The van der Waals surface area contributed by atoms with E-state index in [4.69, 9.17) is 0 Å². The smallest absolute Gasteiger partial charge is 0.319 e. The van der Waals surface area contributed by atoms with E-state index in [0.29, 0.717) is 5.92 Å². The summed E-state index contributed by atoms with van der Waals surface area (Å²) in [4.78, 5) is 12.0. The number of rotatable bonds is 3. The van der Waals surface area contributed by atoms with Crippen molar-refractivity contribution in [2.75, 3.05) is 5.32 Å². The molecule has 0 heterocycles. The maximum atomic E-state index is 12.0. The molecule has 0 aromatic heterocycles. The lowest BCUT2D eigenvalue weighted by Gasteiger charge is -2.28. The zero-order valence-electron chi connectivity index (χ0n) is 11.7. The zero-order valence-corrected chi connectivity index (χ0v) is 13.3. The van der Waals surface area contributed by atoms with Gasteiger partial charge in [0, 0.05) is 16.2 Å². The summed E-state index contributed by atoms with van der Waals surface area (Å²) in [6, 6.07) is 7.81. The number of urea groups is 1. The number of fused-ring (bicyclic) bond motifs is 2. The molecule has 0 spiro atoms. The molecule has 0 aliphatic heterocycles. The maximum Gasteiger partial charge on any atom is 0.319 e. The molecule has 4 heteroatoms. The molecule has 4 atom stereocenters.